The van der Waals surface area contributed by atoms with E-state index in [0.29, 0.717) is 6.42 Å². The van der Waals surface area contributed by atoms with Gasteiger partial charge in [0.1, 0.15) is 22.0 Å². The van der Waals surface area contributed by atoms with E-state index in [1.807, 2.05) is 0 Å². The molecule has 2 fully saturated rings. The molecular formula is C42H53ClF2N4O10S2. The fourth-order valence-corrected chi connectivity index (χ4v) is 10.4. The van der Waals surface area contributed by atoms with Crippen LogP contribution in [0.5, 0.6) is 5.75 Å². The van der Waals surface area contributed by atoms with E-state index >= 15 is 4.39 Å². The Hall–Kier alpha value is -4.52. The van der Waals surface area contributed by atoms with Crippen LogP contribution in [0.4, 0.5) is 25.0 Å². The van der Waals surface area contributed by atoms with E-state index in [4.69, 9.17) is 30.5 Å². The van der Waals surface area contributed by atoms with Gasteiger partial charge in [0.2, 0.25) is 15.9 Å². The topological polar surface area (TPSA) is 170 Å². The van der Waals surface area contributed by atoms with Gasteiger partial charge in [-0.1, -0.05) is 29.8 Å². The first-order chi connectivity index (χ1) is 28.3. The molecule has 2 aliphatic rings. The van der Waals surface area contributed by atoms with Crippen LogP contribution in [0.25, 0.3) is 10.4 Å². The number of thiophene rings is 1. The number of amides is 2. The van der Waals surface area contributed by atoms with Crippen molar-refractivity contribution in [2.24, 2.45) is 5.92 Å². The summed E-state index contributed by atoms with van der Waals surface area (Å²) in [6.45, 7) is 15.3. The van der Waals surface area contributed by atoms with Gasteiger partial charge < -0.3 is 34.5 Å². The Bertz CT molecular complexity index is 2270. The van der Waals surface area contributed by atoms with Crippen molar-refractivity contribution in [3.8, 4) is 16.2 Å². The average Bonchev–Trinajstić information content (AvgIpc) is 3.42. The van der Waals surface area contributed by atoms with Crippen molar-refractivity contribution in [2.75, 3.05) is 43.5 Å². The van der Waals surface area contributed by atoms with Gasteiger partial charge in [-0.2, -0.15) is 4.31 Å². The molecule has 0 aliphatic carbocycles. The number of nitrogens with one attached hydrogen (secondary N) is 2. The first-order valence-corrected chi connectivity index (χ1v) is 22.6. The predicted molar refractivity (Wildman–Crippen MR) is 228 cm³/mol. The van der Waals surface area contributed by atoms with Gasteiger partial charge in [0.05, 0.1) is 34.5 Å². The molecule has 0 saturated carbocycles. The van der Waals surface area contributed by atoms with E-state index in [2.05, 4.69) is 10.6 Å². The number of esters is 2. The molecule has 5 rings (SSSR count). The lowest BCUT2D eigenvalue weighted by Gasteiger charge is -2.45. The highest BCUT2D eigenvalue weighted by molar-refractivity contribution is 7.88. The summed E-state index contributed by atoms with van der Waals surface area (Å²) in [5.41, 5.74) is -2.25. The molecule has 334 valence electrons. The van der Waals surface area contributed by atoms with E-state index in [0.717, 1.165) is 17.4 Å². The molecule has 3 heterocycles. The zero-order valence-corrected chi connectivity index (χ0v) is 38.1. The molecule has 0 radical (unpaired) electrons. The number of halogens is 3. The number of hydrogen-bond donors (Lipinski definition) is 2. The second-order valence-corrected chi connectivity index (χ2v) is 20.8. The van der Waals surface area contributed by atoms with Crippen molar-refractivity contribution in [1.82, 2.24) is 9.21 Å². The minimum Gasteiger partial charge on any atom is -0.479 e. The number of nitrogens with zero attached hydrogens (tertiary/aromatic N) is 2. The molecule has 1 aromatic heterocycles. The molecule has 19 heteroatoms. The number of carbonyl (C=O) groups excluding carboxylic acids is 4. The van der Waals surface area contributed by atoms with Gasteiger partial charge in [-0.15, -0.1) is 11.3 Å². The Morgan fingerprint density at radius 3 is 2.28 bits per heavy atom. The summed E-state index contributed by atoms with van der Waals surface area (Å²) >= 11 is 7.58. The quantitative estimate of drug-likeness (QED) is 0.125. The molecule has 2 N–H and O–H groups in total. The van der Waals surface area contributed by atoms with Crippen molar-refractivity contribution >= 4 is 68.3 Å². The van der Waals surface area contributed by atoms with Gasteiger partial charge >= 0.3 is 18.0 Å². The maximum atomic E-state index is 16.4. The molecule has 2 saturated heterocycles. The third-order valence-corrected chi connectivity index (χ3v) is 13.3. The number of piperidine rings is 1. The molecule has 1 atom stereocenters. The highest BCUT2D eigenvalue weighted by Crippen LogP contribution is 2.48. The monoisotopic (exact) mass is 910 g/mol. The van der Waals surface area contributed by atoms with Crippen LogP contribution >= 0.6 is 22.9 Å². The van der Waals surface area contributed by atoms with Crippen molar-refractivity contribution in [3.05, 3.63) is 63.5 Å². The second kappa shape index (κ2) is 18.4. The lowest BCUT2D eigenvalue weighted by Crippen LogP contribution is -2.55. The minimum atomic E-state index is -3.98. The Morgan fingerprint density at radius 1 is 0.984 bits per heavy atom. The van der Waals surface area contributed by atoms with Crippen LogP contribution in [0, 0.1) is 17.6 Å². The van der Waals surface area contributed by atoms with Crippen LogP contribution in [0.3, 0.4) is 0 Å². The zero-order valence-electron chi connectivity index (χ0n) is 35.7. The maximum Gasteiger partial charge on any atom is 0.410 e. The molecule has 0 bridgehead atoms. The minimum absolute atomic E-state index is 0.0559. The number of ether oxygens (including phenoxy) is 4. The number of likely N-dealkylation sites (tertiary alicyclic amines) is 1. The normalized spacial score (nSPS) is 17.2. The lowest BCUT2D eigenvalue weighted by molar-refractivity contribution is -0.145. The summed E-state index contributed by atoms with van der Waals surface area (Å²) in [4.78, 5) is 52.0. The van der Waals surface area contributed by atoms with Crippen LogP contribution in [0.1, 0.15) is 90.4 Å². The lowest BCUT2D eigenvalue weighted by atomic mass is 9.89. The molecule has 61 heavy (non-hydrogen) atoms. The summed E-state index contributed by atoms with van der Waals surface area (Å²) in [7, 11) is -3.98. The standard InChI is InChI=1S/C42H53ClF2N4O10S2/c1-10-56-31(50)22-57-34-32(43)35(60-36(34)38(52)58-40(2,3)4)27-12-11-13-29(33(27)45)46-26-16-17-49(42(8,9)19-26)61(54,55)23-24-14-15-28(44)30(18-24)47-37(51)25-20-48(21-25)39(53)59-41(5,6)7/h11-15,18,25-26,46H,10,16-17,19-23H2,1-9H3,(H,47,51). The van der Waals surface area contributed by atoms with Gasteiger partial charge in [-0.25, -0.2) is 31.6 Å². The highest BCUT2D eigenvalue weighted by Gasteiger charge is 2.42. The first-order valence-electron chi connectivity index (χ1n) is 19.8. The number of rotatable bonds is 13. The SMILES string of the molecule is CCOC(=O)COc1c(C(=O)OC(C)(C)C)sc(-c2cccc(NC3CCN(S(=O)(=O)Cc4ccc(F)c(NC(=O)C5CN(C(=O)OC(C)(C)C)C5)c4)C(C)(C)C3)c2F)c1Cl. The summed E-state index contributed by atoms with van der Waals surface area (Å²) in [6, 6.07) is 8.00. The second-order valence-electron chi connectivity index (χ2n) is 17.5. The van der Waals surface area contributed by atoms with Crippen molar-refractivity contribution in [2.45, 2.75) is 104 Å². The van der Waals surface area contributed by atoms with Crippen molar-refractivity contribution < 1.29 is 55.3 Å². The zero-order chi connectivity index (χ0) is 45.2. The van der Waals surface area contributed by atoms with Gasteiger partial charge in [0.25, 0.3) is 0 Å². The summed E-state index contributed by atoms with van der Waals surface area (Å²) < 4.78 is 81.9. The molecule has 14 nitrogen and oxygen atoms in total. The van der Waals surface area contributed by atoms with Gasteiger partial charge in [-0.05, 0) is 98.9 Å². The fourth-order valence-electron chi connectivity index (χ4n) is 6.95. The molecule has 0 spiro atoms. The van der Waals surface area contributed by atoms with Crippen molar-refractivity contribution in [1.29, 1.82) is 0 Å². The molecular weight excluding hydrogens is 858 g/mol. The van der Waals surface area contributed by atoms with Crippen LogP contribution < -0.4 is 15.4 Å². The number of benzene rings is 2. The molecule has 1 unspecified atom stereocenters. The van der Waals surface area contributed by atoms with Gasteiger partial charge in [-0.3, -0.25) is 4.79 Å². The third-order valence-electron chi connectivity index (χ3n) is 9.62. The van der Waals surface area contributed by atoms with E-state index in [1.54, 1.807) is 68.4 Å². The molecule has 3 aromatic rings. The fraction of sp³-hybridized carbons (Fsp3) is 0.524. The van der Waals surface area contributed by atoms with Gasteiger partial charge in [0, 0.05) is 36.8 Å². The van der Waals surface area contributed by atoms with Crippen LogP contribution in [0.15, 0.2) is 36.4 Å². The average molecular weight is 911 g/mol. The largest absolute Gasteiger partial charge is 0.479 e. The molecule has 2 amide bonds. The predicted octanol–water partition coefficient (Wildman–Crippen LogP) is 8.23. The Balaban J connectivity index is 1.26. The van der Waals surface area contributed by atoms with Gasteiger partial charge in [0.15, 0.2) is 23.1 Å². The van der Waals surface area contributed by atoms with Crippen LogP contribution in [-0.4, -0.2) is 97.2 Å². The number of anilines is 2. The highest BCUT2D eigenvalue weighted by atomic mass is 35.5. The number of hydrogen-bond acceptors (Lipinski definition) is 12. The molecule has 2 aliphatic heterocycles. The molecule has 2 aromatic carbocycles. The van der Waals surface area contributed by atoms with E-state index in [9.17, 15) is 32.0 Å². The van der Waals surface area contributed by atoms with Crippen LogP contribution in [-0.2, 0) is 39.6 Å². The number of sulfonamides is 1. The van der Waals surface area contributed by atoms with E-state index in [1.165, 1.54) is 33.5 Å². The Labute approximate surface area is 364 Å². The Morgan fingerprint density at radius 2 is 1.66 bits per heavy atom. The van der Waals surface area contributed by atoms with Crippen LogP contribution in [0.2, 0.25) is 5.02 Å². The summed E-state index contributed by atoms with van der Waals surface area (Å²) in [5.74, 6) is -4.58. The smallest absolute Gasteiger partial charge is 0.410 e. The number of carbonyl (C=O) groups is 4. The summed E-state index contributed by atoms with van der Waals surface area (Å²) in [5, 5.41) is 5.67. The maximum absolute atomic E-state index is 16.4. The first kappa shape index (κ1) is 47.5. The van der Waals surface area contributed by atoms with E-state index < -0.39 is 80.6 Å². The Kier molecular flexibility index (Phi) is 14.4. The van der Waals surface area contributed by atoms with Crippen molar-refractivity contribution in [3.63, 3.8) is 0 Å². The third kappa shape index (κ3) is 11.9. The summed E-state index contributed by atoms with van der Waals surface area (Å²) in [6.07, 6.45) is 0.0507. The van der Waals surface area contributed by atoms with E-state index in [-0.39, 0.29) is 81.7 Å².